The Balaban J connectivity index is 1.76. The van der Waals surface area contributed by atoms with Crippen LogP contribution in [0.25, 0.3) is 10.9 Å². The van der Waals surface area contributed by atoms with Gasteiger partial charge in [-0.25, -0.2) is 0 Å². The number of anilines is 1. The molecular weight excluding hydrogens is 332 g/mol. The summed E-state index contributed by atoms with van der Waals surface area (Å²) < 4.78 is 0. The van der Waals surface area contributed by atoms with Gasteiger partial charge in [-0.3, -0.25) is 19.9 Å². The lowest BCUT2D eigenvalue weighted by Crippen LogP contribution is -2.49. The monoisotopic (exact) mass is 356 g/mol. The van der Waals surface area contributed by atoms with Gasteiger partial charge in [0.25, 0.3) is 0 Å². The van der Waals surface area contributed by atoms with Crippen LogP contribution in [-0.2, 0) is 4.79 Å². The predicted molar refractivity (Wildman–Crippen MR) is 101 cm³/mol. The van der Waals surface area contributed by atoms with E-state index in [2.05, 4.69) is 18.8 Å². The molecule has 1 amide bonds. The summed E-state index contributed by atoms with van der Waals surface area (Å²) in [6.07, 6.45) is 3.09. The summed E-state index contributed by atoms with van der Waals surface area (Å²) in [7, 11) is 0. The van der Waals surface area contributed by atoms with Crippen LogP contribution < -0.4 is 4.90 Å². The highest BCUT2D eigenvalue weighted by atomic mass is 16.6. The number of hydrogen-bond acceptors (Lipinski definition) is 5. The molecule has 0 radical (unpaired) electrons. The summed E-state index contributed by atoms with van der Waals surface area (Å²) in [5.74, 6) is 0.685. The van der Waals surface area contributed by atoms with Crippen molar-refractivity contribution in [1.82, 2.24) is 9.88 Å². The zero-order valence-electron chi connectivity index (χ0n) is 15.2. The van der Waals surface area contributed by atoms with E-state index in [0.717, 1.165) is 6.42 Å². The third-order valence-corrected chi connectivity index (χ3v) is 4.83. The highest BCUT2D eigenvalue weighted by Gasteiger charge is 2.27. The Morgan fingerprint density at radius 1 is 1.23 bits per heavy atom. The minimum absolute atomic E-state index is 0.0928. The lowest BCUT2D eigenvalue weighted by Gasteiger charge is -2.36. The van der Waals surface area contributed by atoms with Crippen molar-refractivity contribution in [3.05, 3.63) is 40.6 Å². The molecule has 26 heavy (non-hydrogen) atoms. The summed E-state index contributed by atoms with van der Waals surface area (Å²) in [6, 6.07) is 7.03. The fourth-order valence-electron chi connectivity index (χ4n) is 3.34. The first-order valence-electron chi connectivity index (χ1n) is 9.02. The first-order chi connectivity index (χ1) is 12.5. The SMILES string of the molecule is CC(C)CCC(=O)N1CCN(c2ccc3ncccc3c2[N+](=O)[O-])CC1. The zero-order valence-corrected chi connectivity index (χ0v) is 15.2. The summed E-state index contributed by atoms with van der Waals surface area (Å²) in [6.45, 7) is 6.61. The van der Waals surface area contributed by atoms with Crippen molar-refractivity contribution in [2.75, 3.05) is 31.1 Å². The van der Waals surface area contributed by atoms with Crippen LogP contribution in [0.3, 0.4) is 0 Å². The van der Waals surface area contributed by atoms with Crippen LogP contribution in [0.4, 0.5) is 11.4 Å². The molecule has 7 nitrogen and oxygen atoms in total. The number of piperazine rings is 1. The van der Waals surface area contributed by atoms with Gasteiger partial charge in [-0.2, -0.15) is 0 Å². The Labute approximate surface area is 152 Å². The third kappa shape index (κ3) is 3.76. The first kappa shape index (κ1) is 18.1. The average Bonchev–Trinajstić information content (AvgIpc) is 2.65. The molecular formula is C19H24N4O3. The maximum absolute atomic E-state index is 12.3. The van der Waals surface area contributed by atoms with Crippen molar-refractivity contribution in [2.24, 2.45) is 5.92 Å². The molecule has 0 aliphatic carbocycles. The van der Waals surface area contributed by atoms with Gasteiger partial charge in [0.05, 0.1) is 15.8 Å². The number of nitro benzene ring substituents is 1. The lowest BCUT2D eigenvalue weighted by atomic mass is 10.1. The molecule has 1 aromatic heterocycles. The minimum atomic E-state index is -0.334. The van der Waals surface area contributed by atoms with E-state index in [-0.39, 0.29) is 16.5 Å². The molecule has 0 atom stereocenters. The number of pyridine rings is 1. The van der Waals surface area contributed by atoms with Crippen LogP contribution in [0.5, 0.6) is 0 Å². The number of nitro groups is 1. The summed E-state index contributed by atoms with van der Waals surface area (Å²) in [4.78, 5) is 31.7. The fraction of sp³-hybridized carbons (Fsp3) is 0.474. The van der Waals surface area contributed by atoms with E-state index in [4.69, 9.17) is 0 Å². The van der Waals surface area contributed by atoms with Gasteiger partial charge in [-0.1, -0.05) is 13.8 Å². The number of fused-ring (bicyclic) bond motifs is 1. The average molecular weight is 356 g/mol. The van der Waals surface area contributed by atoms with Crippen molar-refractivity contribution in [3.8, 4) is 0 Å². The van der Waals surface area contributed by atoms with E-state index >= 15 is 0 Å². The maximum atomic E-state index is 12.3. The van der Waals surface area contributed by atoms with Crippen molar-refractivity contribution in [1.29, 1.82) is 0 Å². The highest BCUT2D eigenvalue weighted by molar-refractivity contribution is 5.94. The largest absolute Gasteiger partial charge is 0.362 e. The molecule has 3 rings (SSSR count). The van der Waals surface area contributed by atoms with Gasteiger partial charge in [-0.05, 0) is 36.6 Å². The number of amides is 1. The van der Waals surface area contributed by atoms with Crippen LogP contribution >= 0.6 is 0 Å². The Bertz CT molecular complexity index is 814. The Hall–Kier alpha value is -2.70. The summed E-state index contributed by atoms with van der Waals surface area (Å²) in [5.41, 5.74) is 1.31. The molecule has 1 aliphatic rings. The number of aromatic nitrogens is 1. The quantitative estimate of drug-likeness (QED) is 0.607. The molecule has 7 heteroatoms. The number of rotatable bonds is 5. The van der Waals surface area contributed by atoms with Crippen molar-refractivity contribution < 1.29 is 9.72 Å². The third-order valence-electron chi connectivity index (χ3n) is 4.83. The maximum Gasteiger partial charge on any atom is 0.301 e. The van der Waals surface area contributed by atoms with E-state index in [9.17, 15) is 14.9 Å². The number of nitrogens with zero attached hydrogens (tertiary/aromatic N) is 4. The van der Waals surface area contributed by atoms with Gasteiger partial charge in [-0.15, -0.1) is 0 Å². The molecule has 1 saturated heterocycles. The van der Waals surface area contributed by atoms with Gasteiger partial charge in [0.2, 0.25) is 5.91 Å². The van der Waals surface area contributed by atoms with Crippen LogP contribution in [0.1, 0.15) is 26.7 Å². The molecule has 1 aliphatic heterocycles. The van der Waals surface area contributed by atoms with Gasteiger partial charge in [0.1, 0.15) is 5.69 Å². The predicted octanol–water partition coefficient (Wildman–Crippen LogP) is 3.23. The molecule has 0 unspecified atom stereocenters. The molecule has 2 heterocycles. The van der Waals surface area contributed by atoms with E-state index in [0.29, 0.717) is 55.1 Å². The standard InChI is InChI=1S/C19H24N4O3/c1-14(2)5-8-18(24)22-12-10-21(11-13-22)17-7-6-16-15(4-3-9-20-16)19(17)23(25)26/h3-4,6-7,9,14H,5,8,10-13H2,1-2H3. The van der Waals surface area contributed by atoms with E-state index in [1.807, 2.05) is 15.9 Å². The first-order valence-corrected chi connectivity index (χ1v) is 9.02. The number of benzene rings is 1. The molecule has 0 saturated carbocycles. The molecule has 0 bridgehead atoms. The van der Waals surface area contributed by atoms with Gasteiger partial charge < -0.3 is 9.80 Å². The molecule has 0 N–H and O–H groups in total. The normalized spacial score (nSPS) is 14.9. The van der Waals surface area contributed by atoms with Crippen LogP contribution in [-0.4, -0.2) is 46.9 Å². The van der Waals surface area contributed by atoms with E-state index in [1.165, 1.54) is 0 Å². The van der Waals surface area contributed by atoms with Crippen molar-refractivity contribution in [3.63, 3.8) is 0 Å². The number of carbonyl (C=O) groups excluding carboxylic acids is 1. The second-order valence-corrected chi connectivity index (χ2v) is 7.06. The molecule has 0 spiro atoms. The second kappa shape index (κ2) is 7.68. The number of carbonyl (C=O) groups is 1. The van der Waals surface area contributed by atoms with Crippen LogP contribution in [0.2, 0.25) is 0 Å². The Morgan fingerprint density at radius 3 is 2.62 bits per heavy atom. The second-order valence-electron chi connectivity index (χ2n) is 7.06. The highest BCUT2D eigenvalue weighted by Crippen LogP contribution is 2.35. The van der Waals surface area contributed by atoms with Crippen molar-refractivity contribution >= 4 is 28.2 Å². The van der Waals surface area contributed by atoms with E-state index < -0.39 is 0 Å². The Kier molecular flexibility index (Phi) is 5.35. The fourth-order valence-corrected chi connectivity index (χ4v) is 3.34. The van der Waals surface area contributed by atoms with Crippen LogP contribution in [0.15, 0.2) is 30.5 Å². The zero-order chi connectivity index (χ0) is 18.7. The minimum Gasteiger partial charge on any atom is -0.362 e. The Morgan fingerprint density at radius 2 is 1.96 bits per heavy atom. The van der Waals surface area contributed by atoms with Gasteiger partial charge in [0, 0.05) is 38.8 Å². The molecule has 138 valence electrons. The molecule has 1 aromatic carbocycles. The summed E-state index contributed by atoms with van der Waals surface area (Å²) in [5, 5.41) is 12.2. The number of hydrogen-bond donors (Lipinski definition) is 0. The van der Waals surface area contributed by atoms with Crippen molar-refractivity contribution in [2.45, 2.75) is 26.7 Å². The topological polar surface area (TPSA) is 79.6 Å². The van der Waals surface area contributed by atoms with Gasteiger partial charge >= 0.3 is 5.69 Å². The lowest BCUT2D eigenvalue weighted by molar-refractivity contribution is -0.382. The van der Waals surface area contributed by atoms with Crippen LogP contribution in [0, 0.1) is 16.0 Å². The van der Waals surface area contributed by atoms with Gasteiger partial charge in [0.15, 0.2) is 0 Å². The molecule has 2 aromatic rings. The summed E-state index contributed by atoms with van der Waals surface area (Å²) >= 11 is 0. The smallest absolute Gasteiger partial charge is 0.301 e. The molecule has 1 fully saturated rings. The van der Waals surface area contributed by atoms with E-state index in [1.54, 1.807) is 24.4 Å².